The molecule has 0 unspecified atom stereocenters. The normalized spacial score (nSPS) is 10.8. The van der Waals surface area contributed by atoms with Gasteiger partial charge in [0.25, 0.3) is 0 Å². The van der Waals surface area contributed by atoms with E-state index in [2.05, 4.69) is 19.2 Å². The van der Waals surface area contributed by atoms with E-state index < -0.39 is 5.97 Å². The number of carboxylic acids is 1. The smallest absolute Gasteiger partial charge is 0.352 e. The lowest BCUT2D eigenvalue weighted by Crippen LogP contribution is -2.29. The predicted molar refractivity (Wildman–Crippen MR) is 74.7 cm³/mol. The highest BCUT2D eigenvalue weighted by atomic mass is 16.5. The number of hydrogen-bond acceptors (Lipinski definition) is 3. The Kier molecular flexibility index (Phi) is 6.79. The minimum atomic E-state index is -1.04. The van der Waals surface area contributed by atoms with Crippen LogP contribution in [0.4, 0.5) is 0 Å². The molecule has 112 valence electrons. The first-order valence-corrected chi connectivity index (χ1v) is 6.73. The van der Waals surface area contributed by atoms with Crippen LogP contribution in [0.1, 0.15) is 30.8 Å². The van der Waals surface area contributed by atoms with Crippen molar-refractivity contribution < 1.29 is 19.4 Å². The molecule has 0 spiro atoms. The Morgan fingerprint density at radius 1 is 1.45 bits per heavy atom. The molecule has 1 heterocycles. The maximum absolute atomic E-state index is 11.7. The van der Waals surface area contributed by atoms with E-state index in [9.17, 15) is 9.59 Å². The number of aromatic carboxylic acids is 1. The zero-order chi connectivity index (χ0) is 15.0. The van der Waals surface area contributed by atoms with Crippen LogP contribution in [0.5, 0.6) is 0 Å². The fourth-order valence-corrected chi connectivity index (χ4v) is 1.68. The van der Waals surface area contributed by atoms with Crippen LogP contribution >= 0.6 is 0 Å². The minimum absolute atomic E-state index is 0.0154. The SMILES string of the molecule is CC(C)COCCCNC(=O)Cn1cccc1C(=O)O. The Hall–Kier alpha value is -1.82. The van der Waals surface area contributed by atoms with Gasteiger partial charge in [-0.25, -0.2) is 4.79 Å². The van der Waals surface area contributed by atoms with E-state index in [1.54, 1.807) is 12.3 Å². The molecule has 1 aromatic rings. The molecule has 2 N–H and O–H groups in total. The summed E-state index contributed by atoms with van der Waals surface area (Å²) in [5, 5.41) is 11.7. The molecule has 1 amide bonds. The standard InChI is InChI=1S/C14H22N2O4/c1-11(2)10-20-8-4-6-15-13(17)9-16-7-3-5-12(16)14(18)19/h3,5,7,11H,4,6,8-10H2,1-2H3,(H,15,17)(H,18,19). The van der Waals surface area contributed by atoms with Gasteiger partial charge in [-0.15, -0.1) is 0 Å². The highest BCUT2D eigenvalue weighted by molar-refractivity contribution is 5.86. The van der Waals surface area contributed by atoms with E-state index in [1.165, 1.54) is 10.6 Å². The Morgan fingerprint density at radius 3 is 2.85 bits per heavy atom. The molecule has 0 aliphatic carbocycles. The van der Waals surface area contributed by atoms with Gasteiger partial charge in [0.15, 0.2) is 0 Å². The first kappa shape index (κ1) is 16.2. The molecule has 0 bridgehead atoms. The van der Waals surface area contributed by atoms with Crippen molar-refractivity contribution in [1.82, 2.24) is 9.88 Å². The lowest BCUT2D eigenvalue weighted by atomic mass is 10.2. The number of hydrogen-bond donors (Lipinski definition) is 2. The van der Waals surface area contributed by atoms with E-state index in [0.717, 1.165) is 13.0 Å². The fourth-order valence-electron chi connectivity index (χ4n) is 1.68. The summed E-state index contributed by atoms with van der Waals surface area (Å²) in [6.45, 7) is 6.04. The lowest BCUT2D eigenvalue weighted by Gasteiger charge is -2.09. The van der Waals surface area contributed by atoms with E-state index >= 15 is 0 Å². The molecule has 0 aliphatic heterocycles. The monoisotopic (exact) mass is 282 g/mol. The number of carboxylic acid groups (broad SMARTS) is 1. The molecule has 0 fully saturated rings. The van der Waals surface area contributed by atoms with E-state index in [-0.39, 0.29) is 18.1 Å². The van der Waals surface area contributed by atoms with Crippen LogP contribution in [0, 0.1) is 5.92 Å². The van der Waals surface area contributed by atoms with Gasteiger partial charge in [-0.1, -0.05) is 13.8 Å². The zero-order valence-electron chi connectivity index (χ0n) is 12.0. The molecule has 0 radical (unpaired) electrons. The molecule has 0 atom stereocenters. The van der Waals surface area contributed by atoms with Gasteiger partial charge < -0.3 is 19.7 Å². The molecule has 1 aromatic heterocycles. The molecule has 0 aromatic carbocycles. The molecular weight excluding hydrogens is 260 g/mol. The van der Waals surface area contributed by atoms with Crippen LogP contribution in [-0.2, 0) is 16.1 Å². The summed E-state index contributed by atoms with van der Waals surface area (Å²) in [6.07, 6.45) is 2.32. The molecule has 6 heteroatoms. The van der Waals surface area contributed by atoms with Crippen LogP contribution in [0.3, 0.4) is 0 Å². The number of rotatable bonds is 9. The number of nitrogens with zero attached hydrogens (tertiary/aromatic N) is 1. The first-order chi connectivity index (χ1) is 9.50. The van der Waals surface area contributed by atoms with E-state index in [4.69, 9.17) is 9.84 Å². The van der Waals surface area contributed by atoms with Crippen molar-refractivity contribution in [2.24, 2.45) is 5.92 Å². The molecule has 0 saturated carbocycles. The maximum Gasteiger partial charge on any atom is 0.352 e. The molecule has 6 nitrogen and oxygen atoms in total. The van der Waals surface area contributed by atoms with Crippen LogP contribution in [0.25, 0.3) is 0 Å². The predicted octanol–water partition coefficient (Wildman–Crippen LogP) is 1.37. The second kappa shape index (κ2) is 8.37. The fraction of sp³-hybridized carbons (Fsp3) is 0.571. The summed E-state index contributed by atoms with van der Waals surface area (Å²) in [6, 6.07) is 3.08. The Bertz CT molecular complexity index is 440. The number of ether oxygens (including phenoxy) is 1. The van der Waals surface area contributed by atoms with Gasteiger partial charge in [0.1, 0.15) is 12.2 Å². The third-order valence-corrected chi connectivity index (χ3v) is 2.60. The third-order valence-electron chi connectivity index (χ3n) is 2.60. The third kappa shape index (κ3) is 5.88. The summed E-state index contributed by atoms with van der Waals surface area (Å²) in [4.78, 5) is 22.5. The van der Waals surface area contributed by atoms with E-state index in [1.807, 2.05) is 0 Å². The van der Waals surface area contributed by atoms with E-state index in [0.29, 0.717) is 19.1 Å². The first-order valence-electron chi connectivity index (χ1n) is 6.73. The summed E-state index contributed by atoms with van der Waals surface area (Å²) in [5.74, 6) is -0.731. The number of nitrogens with one attached hydrogen (secondary N) is 1. The van der Waals surface area contributed by atoms with Crippen molar-refractivity contribution in [2.75, 3.05) is 19.8 Å². The van der Waals surface area contributed by atoms with Gasteiger partial charge >= 0.3 is 5.97 Å². The second-order valence-electron chi connectivity index (χ2n) is 5.00. The second-order valence-corrected chi connectivity index (χ2v) is 5.00. The molecule has 0 saturated heterocycles. The zero-order valence-corrected chi connectivity index (χ0v) is 12.0. The van der Waals surface area contributed by atoms with Gasteiger partial charge in [-0.2, -0.15) is 0 Å². The van der Waals surface area contributed by atoms with Crippen LogP contribution in [0.2, 0.25) is 0 Å². The average molecular weight is 282 g/mol. The minimum Gasteiger partial charge on any atom is -0.477 e. The van der Waals surface area contributed by atoms with Gasteiger partial charge in [-0.05, 0) is 24.5 Å². The summed E-state index contributed by atoms with van der Waals surface area (Å²) in [7, 11) is 0. The van der Waals surface area contributed by atoms with Crippen molar-refractivity contribution in [1.29, 1.82) is 0 Å². The van der Waals surface area contributed by atoms with Gasteiger partial charge in [0.05, 0.1) is 0 Å². The summed E-state index contributed by atoms with van der Waals surface area (Å²) < 4.78 is 6.81. The van der Waals surface area contributed by atoms with Crippen molar-refractivity contribution in [3.8, 4) is 0 Å². The van der Waals surface area contributed by atoms with Crippen molar-refractivity contribution in [2.45, 2.75) is 26.8 Å². The number of aromatic nitrogens is 1. The van der Waals surface area contributed by atoms with Crippen LogP contribution in [-0.4, -0.2) is 41.3 Å². The summed E-state index contributed by atoms with van der Waals surface area (Å²) in [5.41, 5.74) is 0.111. The Balaban J connectivity index is 2.20. The largest absolute Gasteiger partial charge is 0.477 e. The summed E-state index contributed by atoms with van der Waals surface area (Å²) >= 11 is 0. The van der Waals surface area contributed by atoms with Crippen molar-refractivity contribution >= 4 is 11.9 Å². The molecule has 1 rings (SSSR count). The average Bonchev–Trinajstić information content (AvgIpc) is 2.81. The van der Waals surface area contributed by atoms with Crippen molar-refractivity contribution in [3.63, 3.8) is 0 Å². The molecular formula is C14H22N2O4. The quantitative estimate of drug-likeness (QED) is 0.670. The number of carbonyl (C=O) groups excluding carboxylic acids is 1. The molecule has 0 aliphatic rings. The number of amides is 1. The highest BCUT2D eigenvalue weighted by Gasteiger charge is 2.11. The number of carbonyl (C=O) groups is 2. The Labute approximate surface area is 118 Å². The maximum atomic E-state index is 11.7. The van der Waals surface area contributed by atoms with Crippen LogP contribution in [0.15, 0.2) is 18.3 Å². The lowest BCUT2D eigenvalue weighted by molar-refractivity contribution is -0.121. The van der Waals surface area contributed by atoms with Gasteiger partial charge in [0, 0.05) is 26.0 Å². The van der Waals surface area contributed by atoms with Crippen LogP contribution < -0.4 is 5.32 Å². The van der Waals surface area contributed by atoms with Gasteiger partial charge in [-0.3, -0.25) is 4.79 Å². The van der Waals surface area contributed by atoms with Gasteiger partial charge in [0.2, 0.25) is 5.91 Å². The highest BCUT2D eigenvalue weighted by Crippen LogP contribution is 2.01. The van der Waals surface area contributed by atoms with Crippen molar-refractivity contribution in [3.05, 3.63) is 24.0 Å². The topological polar surface area (TPSA) is 80.6 Å². The Morgan fingerprint density at radius 2 is 2.20 bits per heavy atom. The molecule has 20 heavy (non-hydrogen) atoms.